The van der Waals surface area contributed by atoms with Gasteiger partial charge in [-0.25, -0.2) is 9.97 Å². The van der Waals surface area contributed by atoms with Crippen molar-refractivity contribution >= 4 is 11.0 Å². The van der Waals surface area contributed by atoms with E-state index in [-0.39, 0.29) is 0 Å². The van der Waals surface area contributed by atoms with Gasteiger partial charge >= 0.3 is 0 Å². The van der Waals surface area contributed by atoms with Crippen LogP contribution < -0.4 is 4.74 Å². The Morgan fingerprint density at radius 1 is 1.24 bits per heavy atom. The second kappa shape index (κ2) is 5.88. The van der Waals surface area contributed by atoms with Crippen LogP contribution in [0.2, 0.25) is 0 Å². The summed E-state index contributed by atoms with van der Waals surface area (Å²) in [6.45, 7) is 0. The maximum Gasteiger partial charge on any atom is 0.232 e. The molecule has 102 valence electrons. The van der Waals surface area contributed by atoms with Crippen molar-refractivity contribution < 1.29 is 4.74 Å². The SMILES string of the molecule is N#C/C=C\Cc1c[nH]c2ncnc(Oc3ccccc3)c12. The van der Waals surface area contributed by atoms with Gasteiger partial charge in [0.2, 0.25) is 5.88 Å². The van der Waals surface area contributed by atoms with Gasteiger partial charge in [-0.15, -0.1) is 0 Å². The van der Waals surface area contributed by atoms with Gasteiger partial charge in [-0.2, -0.15) is 5.26 Å². The maximum absolute atomic E-state index is 8.56. The Kier molecular flexibility index (Phi) is 3.61. The van der Waals surface area contributed by atoms with Crippen LogP contribution in [0, 0.1) is 11.3 Å². The zero-order valence-electron chi connectivity index (χ0n) is 11.2. The Bertz CT molecular complexity index is 815. The molecule has 5 heteroatoms. The van der Waals surface area contributed by atoms with Gasteiger partial charge in [0, 0.05) is 12.3 Å². The number of hydrogen-bond acceptors (Lipinski definition) is 4. The summed E-state index contributed by atoms with van der Waals surface area (Å²) in [5, 5.41) is 9.40. The molecule has 0 unspecified atom stereocenters. The molecule has 21 heavy (non-hydrogen) atoms. The molecule has 2 aromatic heterocycles. The second-order valence-corrected chi connectivity index (χ2v) is 4.37. The molecule has 0 bridgehead atoms. The first-order valence-corrected chi connectivity index (χ1v) is 6.47. The van der Waals surface area contributed by atoms with Crippen molar-refractivity contribution in [3.05, 3.63) is 60.6 Å². The van der Waals surface area contributed by atoms with Crippen LogP contribution in [-0.4, -0.2) is 15.0 Å². The number of benzene rings is 1. The molecule has 5 nitrogen and oxygen atoms in total. The molecule has 0 saturated heterocycles. The van der Waals surface area contributed by atoms with E-state index in [1.54, 1.807) is 6.08 Å². The summed E-state index contributed by atoms with van der Waals surface area (Å²) < 4.78 is 5.84. The van der Waals surface area contributed by atoms with Crippen LogP contribution in [-0.2, 0) is 6.42 Å². The summed E-state index contributed by atoms with van der Waals surface area (Å²) in [7, 11) is 0. The lowest BCUT2D eigenvalue weighted by atomic mass is 10.1. The normalized spacial score (nSPS) is 10.8. The largest absolute Gasteiger partial charge is 0.438 e. The monoisotopic (exact) mass is 276 g/mol. The van der Waals surface area contributed by atoms with Gasteiger partial charge in [-0.05, 0) is 24.1 Å². The van der Waals surface area contributed by atoms with Gasteiger partial charge in [0.15, 0.2) is 0 Å². The average molecular weight is 276 g/mol. The molecule has 1 N–H and O–H groups in total. The van der Waals surface area contributed by atoms with Crippen LogP contribution in [0.15, 0.2) is 55.0 Å². The first-order valence-electron chi connectivity index (χ1n) is 6.47. The van der Waals surface area contributed by atoms with Crippen LogP contribution in [0.3, 0.4) is 0 Å². The molecule has 3 aromatic rings. The summed E-state index contributed by atoms with van der Waals surface area (Å²) in [6.07, 6.45) is 7.19. The van der Waals surface area contributed by atoms with Crippen LogP contribution in [0.25, 0.3) is 11.0 Å². The predicted octanol–water partition coefficient (Wildman–Crippen LogP) is 3.37. The Labute approximate surface area is 121 Å². The van der Waals surface area contributed by atoms with E-state index in [1.807, 2.05) is 42.6 Å². The van der Waals surface area contributed by atoms with E-state index in [0.717, 1.165) is 22.3 Å². The smallest absolute Gasteiger partial charge is 0.232 e. The van der Waals surface area contributed by atoms with Gasteiger partial charge in [-0.1, -0.05) is 24.3 Å². The minimum Gasteiger partial charge on any atom is -0.438 e. The Hall–Kier alpha value is -3.13. The number of nitrogens with one attached hydrogen (secondary N) is 1. The molecular formula is C16H12N4O. The number of hydrogen-bond donors (Lipinski definition) is 1. The van der Waals surface area contributed by atoms with Gasteiger partial charge < -0.3 is 9.72 Å². The number of allylic oxidation sites excluding steroid dienone is 2. The van der Waals surface area contributed by atoms with E-state index < -0.39 is 0 Å². The van der Waals surface area contributed by atoms with E-state index >= 15 is 0 Å². The highest BCUT2D eigenvalue weighted by molar-refractivity contribution is 5.85. The summed E-state index contributed by atoms with van der Waals surface area (Å²) in [5.41, 5.74) is 1.71. The highest BCUT2D eigenvalue weighted by Gasteiger charge is 2.12. The number of fused-ring (bicyclic) bond motifs is 1. The van der Waals surface area contributed by atoms with Crippen molar-refractivity contribution in [2.75, 3.05) is 0 Å². The van der Waals surface area contributed by atoms with Crippen molar-refractivity contribution in [1.29, 1.82) is 5.26 Å². The highest BCUT2D eigenvalue weighted by Crippen LogP contribution is 2.29. The number of rotatable bonds is 4. The fraction of sp³-hybridized carbons (Fsp3) is 0.0625. The van der Waals surface area contributed by atoms with Gasteiger partial charge in [0.25, 0.3) is 0 Å². The fourth-order valence-corrected chi connectivity index (χ4v) is 2.07. The number of ether oxygens (including phenoxy) is 1. The maximum atomic E-state index is 8.56. The van der Waals surface area contributed by atoms with Gasteiger partial charge in [0.05, 0.1) is 11.5 Å². The lowest BCUT2D eigenvalue weighted by Gasteiger charge is -2.06. The molecule has 0 radical (unpaired) electrons. The lowest BCUT2D eigenvalue weighted by molar-refractivity contribution is 0.468. The minimum absolute atomic E-state index is 0.507. The second-order valence-electron chi connectivity index (χ2n) is 4.37. The molecule has 0 aliphatic heterocycles. The van der Waals surface area contributed by atoms with Crippen molar-refractivity contribution in [1.82, 2.24) is 15.0 Å². The standard InChI is InChI=1S/C16H12N4O/c17-9-5-4-6-12-10-18-15-14(12)16(20-11-19-15)21-13-7-2-1-3-8-13/h1-5,7-8,10-11H,6H2,(H,18,19,20)/b5-4-. The topological polar surface area (TPSA) is 74.6 Å². The summed E-state index contributed by atoms with van der Waals surface area (Å²) in [6, 6.07) is 11.5. The third-order valence-electron chi connectivity index (χ3n) is 3.00. The summed E-state index contributed by atoms with van der Waals surface area (Å²) >= 11 is 0. The molecule has 0 saturated carbocycles. The van der Waals surface area contributed by atoms with Crippen molar-refractivity contribution in [2.24, 2.45) is 0 Å². The zero-order chi connectivity index (χ0) is 14.5. The minimum atomic E-state index is 0.507. The zero-order valence-corrected chi connectivity index (χ0v) is 11.2. The van der Waals surface area contributed by atoms with E-state index in [1.165, 1.54) is 12.4 Å². The van der Waals surface area contributed by atoms with Crippen molar-refractivity contribution in [2.45, 2.75) is 6.42 Å². The average Bonchev–Trinajstić information content (AvgIpc) is 2.93. The van der Waals surface area contributed by atoms with Gasteiger partial charge in [-0.3, -0.25) is 0 Å². The van der Waals surface area contributed by atoms with Crippen LogP contribution in [0.4, 0.5) is 0 Å². The molecule has 0 fully saturated rings. The Morgan fingerprint density at radius 2 is 2.10 bits per heavy atom. The third-order valence-corrected chi connectivity index (χ3v) is 3.00. The van der Waals surface area contributed by atoms with E-state index in [9.17, 15) is 0 Å². The summed E-state index contributed by atoms with van der Waals surface area (Å²) in [5.74, 6) is 1.23. The first-order chi connectivity index (χ1) is 10.4. The highest BCUT2D eigenvalue weighted by atomic mass is 16.5. The third kappa shape index (κ3) is 2.74. The number of para-hydroxylation sites is 1. The van der Waals surface area contributed by atoms with Gasteiger partial charge in [0.1, 0.15) is 17.7 Å². The van der Waals surface area contributed by atoms with E-state index in [4.69, 9.17) is 10.00 Å². The molecule has 0 atom stereocenters. The molecular weight excluding hydrogens is 264 g/mol. The van der Waals surface area contributed by atoms with Crippen molar-refractivity contribution in [3.63, 3.8) is 0 Å². The lowest BCUT2D eigenvalue weighted by Crippen LogP contribution is -1.91. The van der Waals surface area contributed by atoms with E-state index in [2.05, 4.69) is 15.0 Å². The molecule has 0 aliphatic carbocycles. The predicted molar refractivity (Wildman–Crippen MR) is 78.9 cm³/mol. The summed E-state index contributed by atoms with van der Waals surface area (Å²) in [4.78, 5) is 11.5. The molecule has 0 aliphatic rings. The molecule has 3 rings (SSSR count). The molecule has 0 spiro atoms. The number of nitrogens with zero attached hydrogens (tertiary/aromatic N) is 3. The number of H-pyrrole nitrogens is 1. The first kappa shape index (κ1) is 12.9. The fourth-order valence-electron chi connectivity index (χ4n) is 2.07. The van der Waals surface area contributed by atoms with Crippen LogP contribution in [0.1, 0.15) is 5.56 Å². The van der Waals surface area contributed by atoms with Crippen molar-refractivity contribution in [3.8, 4) is 17.7 Å². The van der Waals surface area contributed by atoms with Crippen LogP contribution in [0.5, 0.6) is 11.6 Å². The van der Waals surface area contributed by atoms with E-state index in [0.29, 0.717) is 12.3 Å². The Balaban J connectivity index is 2.00. The van der Waals surface area contributed by atoms with Crippen LogP contribution >= 0.6 is 0 Å². The quantitative estimate of drug-likeness (QED) is 0.741. The Morgan fingerprint density at radius 3 is 2.90 bits per heavy atom. The number of aromatic amines is 1. The number of aromatic nitrogens is 3. The molecule has 0 amide bonds. The molecule has 2 heterocycles. The molecule has 1 aromatic carbocycles. The number of nitriles is 1.